The summed E-state index contributed by atoms with van der Waals surface area (Å²) in [4.78, 5) is 20.0. The summed E-state index contributed by atoms with van der Waals surface area (Å²) in [7, 11) is 1.71. The zero-order valence-electron chi connectivity index (χ0n) is 17.8. The van der Waals surface area contributed by atoms with Gasteiger partial charge in [-0.05, 0) is 62.8 Å². The average Bonchev–Trinajstić information content (AvgIpc) is 2.80. The highest BCUT2D eigenvalue weighted by Gasteiger charge is 2.30. The molecular weight excluding hydrogens is 362 g/mol. The second-order valence-corrected chi connectivity index (χ2v) is 8.64. The number of piperidine rings is 1. The van der Waals surface area contributed by atoms with Crippen LogP contribution in [0, 0.1) is 0 Å². The van der Waals surface area contributed by atoms with Gasteiger partial charge in [-0.25, -0.2) is 0 Å². The molecule has 1 aromatic carbocycles. The van der Waals surface area contributed by atoms with Crippen LogP contribution in [0.25, 0.3) is 0 Å². The highest BCUT2D eigenvalue weighted by Crippen LogP contribution is 2.25. The van der Waals surface area contributed by atoms with E-state index in [1.807, 2.05) is 12.1 Å². The molecule has 0 aromatic heterocycles. The van der Waals surface area contributed by atoms with Crippen LogP contribution in [0.5, 0.6) is 5.75 Å². The molecule has 4 rings (SSSR count). The minimum atomic E-state index is 0.347. The number of nitrogens with zero attached hydrogens (tertiary/aromatic N) is 3. The molecule has 3 aliphatic rings. The van der Waals surface area contributed by atoms with Crippen LogP contribution in [0.4, 0.5) is 5.69 Å². The van der Waals surface area contributed by atoms with Gasteiger partial charge in [0.15, 0.2) is 0 Å². The summed E-state index contributed by atoms with van der Waals surface area (Å²) in [6.07, 6.45) is 10.1. The van der Waals surface area contributed by atoms with Crippen LogP contribution in [-0.4, -0.2) is 68.1 Å². The molecule has 5 nitrogen and oxygen atoms in total. The molecule has 29 heavy (non-hydrogen) atoms. The van der Waals surface area contributed by atoms with Crippen molar-refractivity contribution in [1.82, 2.24) is 9.80 Å². The van der Waals surface area contributed by atoms with Crippen molar-refractivity contribution in [2.75, 3.05) is 51.3 Å². The fourth-order valence-electron chi connectivity index (χ4n) is 4.99. The van der Waals surface area contributed by atoms with E-state index in [0.29, 0.717) is 18.4 Å². The van der Waals surface area contributed by atoms with Crippen LogP contribution in [0.3, 0.4) is 0 Å². The Labute approximate surface area is 175 Å². The Bertz CT molecular complexity index is 707. The molecule has 2 fully saturated rings. The Morgan fingerprint density at radius 2 is 1.83 bits per heavy atom. The quantitative estimate of drug-likeness (QED) is 0.710. The van der Waals surface area contributed by atoms with E-state index in [2.05, 4.69) is 32.9 Å². The minimum Gasteiger partial charge on any atom is -0.497 e. The van der Waals surface area contributed by atoms with Crippen molar-refractivity contribution in [2.45, 2.75) is 51.0 Å². The van der Waals surface area contributed by atoms with E-state index in [1.165, 1.54) is 30.5 Å². The zero-order valence-corrected chi connectivity index (χ0v) is 17.8. The third-order valence-corrected chi connectivity index (χ3v) is 6.78. The number of carbonyl (C=O) groups is 1. The lowest BCUT2D eigenvalue weighted by Gasteiger charge is -2.44. The molecule has 1 atom stereocenters. The van der Waals surface area contributed by atoms with Crippen molar-refractivity contribution in [3.63, 3.8) is 0 Å². The summed E-state index contributed by atoms with van der Waals surface area (Å²) >= 11 is 0. The van der Waals surface area contributed by atoms with E-state index in [0.717, 1.165) is 64.3 Å². The van der Waals surface area contributed by atoms with Crippen LogP contribution in [-0.2, 0) is 4.79 Å². The van der Waals surface area contributed by atoms with Crippen molar-refractivity contribution in [1.29, 1.82) is 0 Å². The summed E-state index contributed by atoms with van der Waals surface area (Å²) < 4.78 is 5.27. The van der Waals surface area contributed by atoms with Gasteiger partial charge in [0.1, 0.15) is 5.75 Å². The third-order valence-electron chi connectivity index (χ3n) is 6.78. The Kier molecular flexibility index (Phi) is 6.75. The molecule has 1 aliphatic carbocycles. The Hall–Kier alpha value is -2.01. The number of hydrogen-bond acceptors (Lipinski definition) is 4. The number of ether oxygens (including phenoxy) is 1. The van der Waals surface area contributed by atoms with E-state index >= 15 is 0 Å². The number of piperazine rings is 1. The maximum atomic E-state index is 12.8. The molecule has 2 aliphatic heterocycles. The summed E-state index contributed by atoms with van der Waals surface area (Å²) in [6, 6.07) is 8.89. The first-order valence-electron chi connectivity index (χ1n) is 11.3. The van der Waals surface area contributed by atoms with Gasteiger partial charge < -0.3 is 14.5 Å². The molecule has 0 saturated carbocycles. The van der Waals surface area contributed by atoms with E-state index in [1.54, 1.807) is 7.11 Å². The lowest BCUT2D eigenvalue weighted by Crippen LogP contribution is -2.55. The molecule has 158 valence electrons. The topological polar surface area (TPSA) is 36.0 Å². The molecule has 0 spiro atoms. The van der Waals surface area contributed by atoms with Crippen LogP contribution in [0.1, 0.15) is 44.9 Å². The predicted molar refractivity (Wildman–Crippen MR) is 118 cm³/mol. The van der Waals surface area contributed by atoms with E-state index in [4.69, 9.17) is 4.74 Å². The largest absolute Gasteiger partial charge is 0.497 e. The van der Waals surface area contributed by atoms with Crippen molar-refractivity contribution < 1.29 is 9.53 Å². The number of benzene rings is 1. The monoisotopic (exact) mass is 397 g/mol. The number of carbonyl (C=O) groups excluding carboxylic acids is 1. The second kappa shape index (κ2) is 9.66. The van der Waals surface area contributed by atoms with Crippen molar-refractivity contribution in [2.24, 2.45) is 0 Å². The Balaban J connectivity index is 1.27. The van der Waals surface area contributed by atoms with Crippen molar-refractivity contribution >= 4 is 11.6 Å². The van der Waals surface area contributed by atoms with Gasteiger partial charge in [0, 0.05) is 57.4 Å². The van der Waals surface area contributed by atoms with Gasteiger partial charge in [-0.3, -0.25) is 9.69 Å². The van der Waals surface area contributed by atoms with Crippen LogP contribution in [0.2, 0.25) is 0 Å². The van der Waals surface area contributed by atoms with Gasteiger partial charge in [-0.2, -0.15) is 0 Å². The number of allylic oxidation sites excluding steroid dienone is 1. The fourth-order valence-corrected chi connectivity index (χ4v) is 4.99. The standard InChI is InChI=1S/C24H35N3O2/c1-29-23-11-9-21(10-12-23)25-14-16-26(17-15-25)22-8-5-13-27(19-22)24(28)18-20-6-3-2-4-7-20/h6,9-12,22H,2-5,7-8,13-19H2,1H3/t22-/m0/s1. The van der Waals surface area contributed by atoms with E-state index in [9.17, 15) is 4.79 Å². The lowest BCUT2D eigenvalue weighted by molar-refractivity contribution is -0.132. The van der Waals surface area contributed by atoms with Crippen LogP contribution in [0.15, 0.2) is 35.9 Å². The molecule has 2 saturated heterocycles. The van der Waals surface area contributed by atoms with Crippen molar-refractivity contribution in [3.8, 4) is 5.75 Å². The number of hydrogen-bond donors (Lipinski definition) is 0. The van der Waals surface area contributed by atoms with Gasteiger partial charge in [-0.15, -0.1) is 0 Å². The minimum absolute atomic E-state index is 0.347. The fraction of sp³-hybridized carbons (Fsp3) is 0.625. The first-order valence-corrected chi connectivity index (χ1v) is 11.3. The predicted octanol–water partition coefficient (Wildman–Crippen LogP) is 3.70. The summed E-state index contributed by atoms with van der Waals surface area (Å²) in [5, 5.41) is 0. The van der Waals surface area contributed by atoms with Crippen LogP contribution >= 0.6 is 0 Å². The molecule has 0 radical (unpaired) electrons. The molecule has 2 heterocycles. The highest BCUT2D eigenvalue weighted by atomic mass is 16.5. The van der Waals surface area contributed by atoms with Crippen molar-refractivity contribution in [3.05, 3.63) is 35.9 Å². The average molecular weight is 398 g/mol. The number of methoxy groups -OCH3 is 1. The summed E-state index contributed by atoms with van der Waals surface area (Å²) in [5.74, 6) is 1.25. The lowest BCUT2D eigenvalue weighted by atomic mass is 9.96. The number of anilines is 1. The first-order chi connectivity index (χ1) is 14.2. The Morgan fingerprint density at radius 1 is 1.03 bits per heavy atom. The second-order valence-electron chi connectivity index (χ2n) is 8.64. The molecule has 0 bridgehead atoms. The molecule has 1 aromatic rings. The number of rotatable bonds is 5. The highest BCUT2D eigenvalue weighted by molar-refractivity contribution is 5.79. The molecule has 1 amide bonds. The van der Waals surface area contributed by atoms with Gasteiger partial charge in [-0.1, -0.05) is 11.6 Å². The molecule has 5 heteroatoms. The SMILES string of the molecule is COc1ccc(N2CCN([C@H]3CCCN(C(=O)CC4=CCCCC4)C3)CC2)cc1. The normalized spacial score (nSPS) is 23.6. The number of amides is 1. The molecular formula is C24H35N3O2. The maximum Gasteiger partial charge on any atom is 0.226 e. The van der Waals surface area contributed by atoms with E-state index in [-0.39, 0.29) is 0 Å². The third kappa shape index (κ3) is 5.13. The van der Waals surface area contributed by atoms with Gasteiger partial charge >= 0.3 is 0 Å². The summed E-state index contributed by atoms with van der Waals surface area (Å²) in [5.41, 5.74) is 2.64. The summed E-state index contributed by atoms with van der Waals surface area (Å²) in [6.45, 7) is 6.09. The first kappa shape index (κ1) is 20.3. The Morgan fingerprint density at radius 3 is 2.52 bits per heavy atom. The van der Waals surface area contributed by atoms with Crippen LogP contribution < -0.4 is 9.64 Å². The van der Waals surface area contributed by atoms with E-state index < -0.39 is 0 Å². The molecule has 0 N–H and O–H groups in total. The van der Waals surface area contributed by atoms with Gasteiger partial charge in [0.2, 0.25) is 5.91 Å². The number of likely N-dealkylation sites (tertiary alicyclic amines) is 1. The smallest absolute Gasteiger partial charge is 0.226 e. The van der Waals surface area contributed by atoms with Gasteiger partial charge in [0.25, 0.3) is 0 Å². The maximum absolute atomic E-state index is 12.8. The molecule has 0 unspecified atom stereocenters. The van der Waals surface area contributed by atoms with Gasteiger partial charge in [0.05, 0.1) is 7.11 Å². The zero-order chi connectivity index (χ0) is 20.1.